The standard InChI is InChI=1S/C20H28FN5OS/c1-14-19(28-15(2)25-14)13-24-20(22-3)23-12-18(26-7-9-27-10-8-26)16-5-4-6-17(21)11-16/h4-6,11,18H,7-10,12-13H2,1-3H3,(H2,22,23,24). The number of nitrogens with zero attached hydrogens (tertiary/aromatic N) is 3. The van der Waals surface area contributed by atoms with E-state index in [-0.39, 0.29) is 11.9 Å². The maximum atomic E-state index is 13.8. The number of aromatic nitrogens is 1. The van der Waals surface area contributed by atoms with Crippen molar-refractivity contribution in [1.82, 2.24) is 20.5 Å². The van der Waals surface area contributed by atoms with Crippen LogP contribution >= 0.6 is 11.3 Å². The summed E-state index contributed by atoms with van der Waals surface area (Å²) in [6.45, 7) is 8.40. The Hall–Kier alpha value is -2.03. The minimum absolute atomic E-state index is 0.0468. The number of nitrogens with one attached hydrogen (secondary N) is 2. The number of ether oxygens (including phenoxy) is 1. The average Bonchev–Trinajstić information content (AvgIpc) is 3.02. The molecule has 2 N–H and O–H groups in total. The number of guanidine groups is 1. The smallest absolute Gasteiger partial charge is 0.191 e. The molecular formula is C20H28FN5OS. The summed E-state index contributed by atoms with van der Waals surface area (Å²) in [6.07, 6.45) is 0. The topological polar surface area (TPSA) is 61.8 Å². The molecule has 28 heavy (non-hydrogen) atoms. The fraction of sp³-hybridized carbons (Fsp3) is 0.500. The lowest BCUT2D eigenvalue weighted by Gasteiger charge is -2.35. The number of thiazole rings is 1. The number of hydrogen-bond acceptors (Lipinski definition) is 5. The van der Waals surface area contributed by atoms with Gasteiger partial charge >= 0.3 is 0 Å². The Morgan fingerprint density at radius 2 is 2.11 bits per heavy atom. The van der Waals surface area contributed by atoms with Gasteiger partial charge in [0.1, 0.15) is 5.82 Å². The van der Waals surface area contributed by atoms with Gasteiger partial charge in [0.05, 0.1) is 36.5 Å². The Bertz CT molecular complexity index is 804. The lowest BCUT2D eigenvalue weighted by atomic mass is 10.0. The minimum Gasteiger partial charge on any atom is -0.379 e. The van der Waals surface area contributed by atoms with Crippen molar-refractivity contribution in [2.24, 2.45) is 4.99 Å². The van der Waals surface area contributed by atoms with Crippen LogP contribution in [0.3, 0.4) is 0 Å². The second-order valence-corrected chi connectivity index (χ2v) is 8.06. The van der Waals surface area contributed by atoms with Gasteiger partial charge in [-0.05, 0) is 31.5 Å². The molecule has 1 aliphatic rings. The molecule has 1 aromatic carbocycles. The molecule has 0 amide bonds. The molecule has 152 valence electrons. The lowest BCUT2D eigenvalue weighted by Crippen LogP contribution is -2.46. The molecule has 1 saturated heterocycles. The van der Waals surface area contributed by atoms with Gasteiger partial charge in [0.15, 0.2) is 5.96 Å². The predicted molar refractivity (Wildman–Crippen MR) is 111 cm³/mol. The van der Waals surface area contributed by atoms with Crippen molar-refractivity contribution in [2.75, 3.05) is 39.9 Å². The molecule has 0 spiro atoms. The molecule has 8 heteroatoms. The van der Waals surface area contributed by atoms with Crippen LogP contribution < -0.4 is 10.6 Å². The number of aryl methyl sites for hydroxylation is 2. The number of halogens is 1. The van der Waals surface area contributed by atoms with Crippen molar-refractivity contribution >= 4 is 17.3 Å². The van der Waals surface area contributed by atoms with E-state index in [0.717, 1.165) is 35.3 Å². The van der Waals surface area contributed by atoms with Crippen molar-refractivity contribution in [3.8, 4) is 0 Å². The molecule has 1 aromatic heterocycles. The largest absolute Gasteiger partial charge is 0.379 e. The second kappa shape index (κ2) is 9.95. The predicted octanol–water partition coefficient (Wildman–Crippen LogP) is 2.64. The Morgan fingerprint density at radius 3 is 2.75 bits per heavy atom. The van der Waals surface area contributed by atoms with Crippen LogP contribution in [0.4, 0.5) is 4.39 Å². The molecule has 0 bridgehead atoms. The summed E-state index contributed by atoms with van der Waals surface area (Å²) in [4.78, 5) is 12.3. The van der Waals surface area contributed by atoms with Crippen LogP contribution in [-0.2, 0) is 11.3 Å². The first kappa shape index (κ1) is 20.7. The first-order chi connectivity index (χ1) is 13.6. The van der Waals surface area contributed by atoms with Crippen LogP contribution in [-0.4, -0.2) is 55.7 Å². The fourth-order valence-corrected chi connectivity index (χ4v) is 4.25. The minimum atomic E-state index is -0.214. The summed E-state index contributed by atoms with van der Waals surface area (Å²) in [5, 5.41) is 7.82. The van der Waals surface area contributed by atoms with Gasteiger partial charge in [0, 0.05) is 31.6 Å². The first-order valence-electron chi connectivity index (χ1n) is 9.51. The number of morpholine rings is 1. The van der Waals surface area contributed by atoms with Gasteiger partial charge in [-0.3, -0.25) is 9.89 Å². The third kappa shape index (κ3) is 5.50. The molecule has 3 rings (SSSR count). The SMILES string of the molecule is CN=C(NCc1sc(C)nc1C)NCC(c1cccc(F)c1)N1CCOCC1. The zero-order valence-electron chi connectivity index (χ0n) is 16.7. The molecule has 6 nitrogen and oxygen atoms in total. The molecule has 2 heterocycles. The molecule has 0 aliphatic carbocycles. The molecule has 1 unspecified atom stereocenters. The summed E-state index contributed by atoms with van der Waals surface area (Å²) in [5.74, 6) is 0.509. The maximum Gasteiger partial charge on any atom is 0.191 e. The normalized spacial score (nSPS) is 16.8. The van der Waals surface area contributed by atoms with Gasteiger partial charge < -0.3 is 15.4 Å². The monoisotopic (exact) mass is 405 g/mol. The van der Waals surface area contributed by atoms with E-state index in [9.17, 15) is 4.39 Å². The number of aliphatic imine (C=N–C) groups is 1. The Labute approximate surface area is 169 Å². The van der Waals surface area contributed by atoms with Crippen molar-refractivity contribution in [3.05, 3.63) is 51.2 Å². The molecule has 1 atom stereocenters. The zero-order valence-corrected chi connectivity index (χ0v) is 17.5. The van der Waals surface area contributed by atoms with E-state index in [1.165, 1.54) is 10.9 Å². The van der Waals surface area contributed by atoms with E-state index in [1.54, 1.807) is 30.5 Å². The summed E-state index contributed by atoms with van der Waals surface area (Å²) in [7, 11) is 1.76. The van der Waals surface area contributed by atoms with Crippen LogP contribution in [0.25, 0.3) is 0 Å². The number of benzene rings is 1. The van der Waals surface area contributed by atoms with Crippen molar-refractivity contribution in [1.29, 1.82) is 0 Å². The summed E-state index contributed by atoms with van der Waals surface area (Å²) >= 11 is 1.69. The van der Waals surface area contributed by atoms with E-state index >= 15 is 0 Å². The molecule has 2 aromatic rings. The summed E-state index contributed by atoms with van der Waals surface area (Å²) in [6, 6.07) is 6.88. The number of rotatable bonds is 6. The maximum absolute atomic E-state index is 13.8. The molecule has 1 fully saturated rings. The van der Waals surface area contributed by atoms with Crippen LogP contribution in [0.2, 0.25) is 0 Å². The number of hydrogen-bond donors (Lipinski definition) is 2. The van der Waals surface area contributed by atoms with Crippen LogP contribution in [0.15, 0.2) is 29.3 Å². The molecule has 1 aliphatic heterocycles. The van der Waals surface area contributed by atoms with Gasteiger partial charge in [0.2, 0.25) is 0 Å². The quantitative estimate of drug-likeness (QED) is 0.572. The van der Waals surface area contributed by atoms with Crippen molar-refractivity contribution in [3.63, 3.8) is 0 Å². The van der Waals surface area contributed by atoms with E-state index in [1.807, 2.05) is 19.9 Å². The Morgan fingerprint density at radius 1 is 1.32 bits per heavy atom. The zero-order chi connectivity index (χ0) is 19.9. The van der Waals surface area contributed by atoms with E-state index < -0.39 is 0 Å². The Kier molecular flexibility index (Phi) is 7.36. The van der Waals surface area contributed by atoms with Crippen molar-refractivity contribution < 1.29 is 9.13 Å². The fourth-order valence-electron chi connectivity index (χ4n) is 3.38. The van der Waals surface area contributed by atoms with Gasteiger partial charge in [0.25, 0.3) is 0 Å². The van der Waals surface area contributed by atoms with Gasteiger partial charge in [-0.2, -0.15) is 0 Å². The summed E-state index contributed by atoms with van der Waals surface area (Å²) in [5.41, 5.74) is 2.01. The van der Waals surface area contributed by atoms with E-state index in [4.69, 9.17) is 4.74 Å². The van der Waals surface area contributed by atoms with Gasteiger partial charge in [-0.25, -0.2) is 9.37 Å². The average molecular weight is 406 g/mol. The highest BCUT2D eigenvalue weighted by Gasteiger charge is 2.23. The highest BCUT2D eigenvalue weighted by atomic mass is 32.1. The summed E-state index contributed by atoms with van der Waals surface area (Å²) < 4.78 is 19.3. The van der Waals surface area contributed by atoms with Crippen LogP contribution in [0, 0.1) is 19.7 Å². The third-order valence-electron chi connectivity index (χ3n) is 4.82. The van der Waals surface area contributed by atoms with Crippen LogP contribution in [0.1, 0.15) is 27.2 Å². The van der Waals surface area contributed by atoms with E-state index in [2.05, 4.69) is 25.5 Å². The van der Waals surface area contributed by atoms with Crippen molar-refractivity contribution in [2.45, 2.75) is 26.4 Å². The van der Waals surface area contributed by atoms with Gasteiger partial charge in [-0.1, -0.05) is 12.1 Å². The third-order valence-corrected chi connectivity index (χ3v) is 5.90. The first-order valence-corrected chi connectivity index (χ1v) is 10.3. The molecule has 0 radical (unpaired) electrons. The van der Waals surface area contributed by atoms with Crippen LogP contribution in [0.5, 0.6) is 0 Å². The highest BCUT2D eigenvalue weighted by molar-refractivity contribution is 7.11. The second-order valence-electron chi connectivity index (χ2n) is 6.77. The van der Waals surface area contributed by atoms with E-state index in [0.29, 0.717) is 26.3 Å². The van der Waals surface area contributed by atoms with Gasteiger partial charge in [-0.15, -0.1) is 11.3 Å². The molecular weight excluding hydrogens is 377 g/mol. The lowest BCUT2D eigenvalue weighted by molar-refractivity contribution is 0.0169. The highest BCUT2D eigenvalue weighted by Crippen LogP contribution is 2.22. The Balaban J connectivity index is 1.65. The molecule has 0 saturated carbocycles.